The Kier molecular flexibility index (Phi) is 5.38. The lowest BCUT2D eigenvalue weighted by Gasteiger charge is -2.24. The lowest BCUT2D eigenvalue weighted by molar-refractivity contribution is 0.0665. The maximum Gasteiger partial charge on any atom is 0.283 e. The summed E-state index contributed by atoms with van der Waals surface area (Å²) in [5.41, 5.74) is 3.77. The predicted molar refractivity (Wildman–Crippen MR) is 112 cm³/mol. The summed E-state index contributed by atoms with van der Waals surface area (Å²) >= 11 is 1.42. The molecule has 4 rings (SSSR count). The number of aryl methyl sites for hydroxylation is 1. The summed E-state index contributed by atoms with van der Waals surface area (Å²) in [5.74, 6) is 0.632. The molecule has 2 aromatic heterocycles. The zero-order chi connectivity index (χ0) is 20.5. The van der Waals surface area contributed by atoms with E-state index in [2.05, 4.69) is 5.10 Å². The summed E-state index contributed by atoms with van der Waals surface area (Å²) in [4.78, 5) is 20.4. The fourth-order valence-electron chi connectivity index (χ4n) is 3.49. The number of benzene rings is 1. The number of carbonyl (C=O) groups is 1. The number of aromatic nitrogens is 3. The molecule has 0 aliphatic carbocycles. The average Bonchev–Trinajstić information content (AvgIpc) is 3.28. The van der Waals surface area contributed by atoms with Crippen LogP contribution in [0.1, 0.15) is 28.5 Å². The van der Waals surface area contributed by atoms with Gasteiger partial charge in [-0.05, 0) is 31.5 Å². The summed E-state index contributed by atoms with van der Waals surface area (Å²) < 4.78 is 7.76. The SMILES string of the molecule is CC(C)N(CCO)C(=O)c1nc2c(s1)CCOc1cc(-c3cnn(C)c3)ccc1-2. The number of fused-ring (bicyclic) bond motifs is 3. The van der Waals surface area contributed by atoms with Gasteiger partial charge in [0.05, 0.1) is 25.1 Å². The van der Waals surface area contributed by atoms with Crippen molar-refractivity contribution in [1.82, 2.24) is 19.7 Å². The fourth-order valence-corrected chi connectivity index (χ4v) is 4.50. The molecule has 0 atom stereocenters. The van der Waals surface area contributed by atoms with Gasteiger partial charge in [0.2, 0.25) is 0 Å². The van der Waals surface area contributed by atoms with E-state index in [4.69, 9.17) is 9.72 Å². The summed E-state index contributed by atoms with van der Waals surface area (Å²) in [6.45, 7) is 4.65. The van der Waals surface area contributed by atoms with E-state index in [1.807, 2.05) is 51.5 Å². The predicted octanol–water partition coefficient (Wildman–Crippen LogP) is 2.99. The number of rotatable bonds is 5. The largest absolute Gasteiger partial charge is 0.492 e. The first-order valence-electron chi connectivity index (χ1n) is 9.65. The molecule has 0 radical (unpaired) electrons. The minimum absolute atomic E-state index is 0.00369. The van der Waals surface area contributed by atoms with Crippen molar-refractivity contribution in [3.8, 4) is 28.1 Å². The van der Waals surface area contributed by atoms with Gasteiger partial charge in [-0.25, -0.2) is 4.98 Å². The number of hydrogen-bond acceptors (Lipinski definition) is 6. The Morgan fingerprint density at radius 2 is 2.21 bits per heavy atom. The van der Waals surface area contributed by atoms with Crippen LogP contribution >= 0.6 is 11.3 Å². The van der Waals surface area contributed by atoms with Crippen molar-refractivity contribution in [2.24, 2.45) is 7.05 Å². The molecule has 1 amide bonds. The Labute approximate surface area is 173 Å². The number of hydrogen-bond donors (Lipinski definition) is 1. The lowest BCUT2D eigenvalue weighted by Crippen LogP contribution is -2.38. The molecule has 1 aliphatic rings. The fraction of sp³-hybridized carbons (Fsp3) is 0.381. The van der Waals surface area contributed by atoms with Crippen LogP contribution in [0, 0.1) is 0 Å². The van der Waals surface area contributed by atoms with Crippen molar-refractivity contribution in [1.29, 1.82) is 0 Å². The van der Waals surface area contributed by atoms with E-state index in [0.717, 1.165) is 33.0 Å². The van der Waals surface area contributed by atoms with Crippen LogP contribution in [0.15, 0.2) is 30.6 Å². The van der Waals surface area contributed by atoms with E-state index in [-0.39, 0.29) is 18.6 Å². The van der Waals surface area contributed by atoms with Crippen molar-refractivity contribution in [2.75, 3.05) is 19.8 Å². The van der Waals surface area contributed by atoms with Crippen molar-refractivity contribution in [3.63, 3.8) is 0 Å². The number of thiazole rings is 1. The monoisotopic (exact) mass is 412 g/mol. The molecule has 0 saturated carbocycles. The minimum atomic E-state index is -0.137. The Morgan fingerprint density at radius 1 is 1.38 bits per heavy atom. The molecule has 29 heavy (non-hydrogen) atoms. The molecule has 3 aromatic rings. The molecular formula is C21H24N4O3S. The summed E-state index contributed by atoms with van der Waals surface area (Å²) in [6, 6.07) is 6.04. The molecule has 152 valence electrons. The highest BCUT2D eigenvalue weighted by Gasteiger charge is 2.26. The topological polar surface area (TPSA) is 80.5 Å². The highest BCUT2D eigenvalue weighted by atomic mass is 32.1. The summed E-state index contributed by atoms with van der Waals surface area (Å²) in [5, 5.41) is 14.0. The molecular weight excluding hydrogens is 388 g/mol. The van der Waals surface area contributed by atoms with E-state index in [1.165, 1.54) is 11.3 Å². The summed E-state index contributed by atoms with van der Waals surface area (Å²) in [6.07, 6.45) is 4.50. The average molecular weight is 413 g/mol. The van der Waals surface area contributed by atoms with Gasteiger partial charge in [0.15, 0.2) is 5.01 Å². The van der Waals surface area contributed by atoms with E-state index in [9.17, 15) is 9.90 Å². The molecule has 7 nitrogen and oxygen atoms in total. The number of ether oxygens (including phenoxy) is 1. The van der Waals surface area contributed by atoms with Gasteiger partial charge in [-0.3, -0.25) is 9.48 Å². The molecule has 8 heteroatoms. The first-order chi connectivity index (χ1) is 14.0. The van der Waals surface area contributed by atoms with Gasteiger partial charge in [0.25, 0.3) is 5.91 Å². The van der Waals surface area contributed by atoms with Gasteiger partial charge in [0, 0.05) is 48.3 Å². The van der Waals surface area contributed by atoms with E-state index in [0.29, 0.717) is 24.6 Å². The van der Waals surface area contributed by atoms with Crippen molar-refractivity contribution < 1.29 is 14.6 Å². The van der Waals surface area contributed by atoms with Crippen molar-refractivity contribution in [3.05, 3.63) is 40.5 Å². The van der Waals surface area contributed by atoms with Crippen LogP contribution in [0.5, 0.6) is 5.75 Å². The molecule has 1 aromatic carbocycles. The first-order valence-corrected chi connectivity index (χ1v) is 10.5. The standard InChI is InChI=1S/C21H24N4O3S/c1-13(2)25(7-8-26)21(27)20-23-19-16-5-4-14(15-11-22-24(3)12-15)10-17(16)28-9-6-18(19)29-20/h4-5,10-13,26H,6-9H2,1-3H3. The first kappa shape index (κ1) is 19.6. The van der Waals surface area contributed by atoms with Crippen LogP contribution in [-0.4, -0.2) is 56.5 Å². The van der Waals surface area contributed by atoms with Crippen LogP contribution in [0.25, 0.3) is 22.4 Å². The number of aliphatic hydroxyl groups is 1. The van der Waals surface area contributed by atoms with Crippen LogP contribution in [0.3, 0.4) is 0 Å². The molecule has 0 saturated heterocycles. The number of carbonyl (C=O) groups excluding carboxylic acids is 1. The number of aliphatic hydroxyl groups excluding tert-OH is 1. The zero-order valence-corrected chi connectivity index (χ0v) is 17.6. The maximum absolute atomic E-state index is 13.0. The van der Waals surface area contributed by atoms with Crippen LogP contribution < -0.4 is 4.74 Å². The van der Waals surface area contributed by atoms with Gasteiger partial charge in [0.1, 0.15) is 5.75 Å². The van der Waals surface area contributed by atoms with Gasteiger partial charge < -0.3 is 14.7 Å². The second kappa shape index (κ2) is 7.96. The molecule has 0 spiro atoms. The quantitative estimate of drug-likeness (QED) is 0.697. The third-order valence-corrected chi connectivity index (χ3v) is 6.07. The van der Waals surface area contributed by atoms with Crippen LogP contribution in [0.4, 0.5) is 0 Å². The molecule has 1 N–H and O–H groups in total. The highest BCUT2D eigenvalue weighted by molar-refractivity contribution is 7.14. The van der Waals surface area contributed by atoms with Crippen LogP contribution in [0.2, 0.25) is 0 Å². The smallest absolute Gasteiger partial charge is 0.283 e. The summed E-state index contributed by atoms with van der Waals surface area (Å²) in [7, 11) is 1.89. The van der Waals surface area contributed by atoms with Gasteiger partial charge in [-0.1, -0.05) is 6.07 Å². The highest BCUT2D eigenvalue weighted by Crippen LogP contribution is 2.40. The molecule has 3 heterocycles. The Bertz CT molecular complexity index is 1040. The molecule has 1 aliphatic heterocycles. The Hall–Kier alpha value is -2.71. The van der Waals surface area contributed by atoms with Crippen molar-refractivity contribution in [2.45, 2.75) is 26.3 Å². The van der Waals surface area contributed by atoms with E-state index in [1.54, 1.807) is 9.58 Å². The number of amides is 1. The Balaban J connectivity index is 1.71. The third-order valence-electron chi connectivity index (χ3n) is 4.97. The third kappa shape index (κ3) is 3.77. The second-order valence-electron chi connectivity index (χ2n) is 7.32. The maximum atomic E-state index is 13.0. The van der Waals surface area contributed by atoms with E-state index >= 15 is 0 Å². The second-order valence-corrected chi connectivity index (χ2v) is 8.40. The zero-order valence-electron chi connectivity index (χ0n) is 16.8. The van der Waals surface area contributed by atoms with Crippen LogP contribution in [-0.2, 0) is 13.5 Å². The normalized spacial score (nSPS) is 12.9. The van der Waals surface area contributed by atoms with Crippen molar-refractivity contribution >= 4 is 17.2 Å². The van der Waals surface area contributed by atoms with Gasteiger partial charge in [-0.2, -0.15) is 5.10 Å². The lowest BCUT2D eigenvalue weighted by atomic mass is 10.0. The molecule has 0 fully saturated rings. The molecule has 0 unspecified atom stereocenters. The molecule has 0 bridgehead atoms. The van der Waals surface area contributed by atoms with E-state index < -0.39 is 0 Å². The Morgan fingerprint density at radius 3 is 2.90 bits per heavy atom. The minimum Gasteiger partial charge on any atom is -0.492 e. The number of nitrogens with zero attached hydrogens (tertiary/aromatic N) is 4. The van der Waals surface area contributed by atoms with Gasteiger partial charge >= 0.3 is 0 Å². The van der Waals surface area contributed by atoms with Gasteiger partial charge in [-0.15, -0.1) is 11.3 Å².